The zero-order valence-corrected chi connectivity index (χ0v) is 13.3. The van der Waals surface area contributed by atoms with Crippen LogP contribution in [0.25, 0.3) is 0 Å². The van der Waals surface area contributed by atoms with Crippen LogP contribution in [0.4, 0.5) is 0 Å². The molecule has 1 aliphatic rings. The van der Waals surface area contributed by atoms with Crippen molar-refractivity contribution in [3.05, 3.63) is 18.0 Å². The van der Waals surface area contributed by atoms with Gasteiger partial charge in [0, 0.05) is 37.4 Å². The van der Waals surface area contributed by atoms with Gasteiger partial charge in [0.05, 0.1) is 12.2 Å². The fourth-order valence-corrected chi connectivity index (χ4v) is 3.52. The molecule has 1 aliphatic heterocycles. The van der Waals surface area contributed by atoms with Crippen LogP contribution in [0.3, 0.4) is 0 Å². The molecule has 114 valence electrons. The lowest BCUT2D eigenvalue weighted by Crippen LogP contribution is -2.44. The third-order valence-electron chi connectivity index (χ3n) is 4.44. The van der Waals surface area contributed by atoms with Crippen LogP contribution in [-0.4, -0.2) is 58.3 Å². The Kier molecular flexibility index (Phi) is 5.18. The molecule has 20 heavy (non-hydrogen) atoms. The number of aromatic nitrogens is 2. The van der Waals surface area contributed by atoms with E-state index in [2.05, 4.69) is 42.0 Å². The summed E-state index contributed by atoms with van der Waals surface area (Å²) in [6.45, 7) is 7.80. The summed E-state index contributed by atoms with van der Waals surface area (Å²) in [4.78, 5) is 4.98. The van der Waals surface area contributed by atoms with Crippen molar-refractivity contribution < 1.29 is 0 Å². The van der Waals surface area contributed by atoms with Crippen LogP contribution in [0.1, 0.15) is 38.3 Å². The summed E-state index contributed by atoms with van der Waals surface area (Å²) in [5.41, 5.74) is 7.44. The predicted octanol–water partition coefficient (Wildman–Crippen LogP) is 1.22. The summed E-state index contributed by atoms with van der Waals surface area (Å²) in [5.74, 6) is 0. The maximum absolute atomic E-state index is 6.23. The zero-order chi connectivity index (χ0) is 14.7. The molecular formula is C15H29N5. The van der Waals surface area contributed by atoms with E-state index in [9.17, 15) is 0 Å². The standard InChI is InChI=1S/C15H29N5/c1-5-20-8-6-7-14(20)11-18(3)15(12(2)16)13-9-17-19(4)10-13/h9-10,12,14-15H,5-8,11,16H2,1-4H3. The number of likely N-dealkylation sites (tertiary alicyclic amines) is 1. The molecule has 0 aliphatic carbocycles. The van der Waals surface area contributed by atoms with Gasteiger partial charge in [-0.1, -0.05) is 6.92 Å². The van der Waals surface area contributed by atoms with E-state index in [1.54, 1.807) is 0 Å². The summed E-state index contributed by atoms with van der Waals surface area (Å²) >= 11 is 0. The van der Waals surface area contributed by atoms with Gasteiger partial charge in [-0.2, -0.15) is 5.10 Å². The van der Waals surface area contributed by atoms with Crippen LogP contribution in [0.5, 0.6) is 0 Å². The quantitative estimate of drug-likeness (QED) is 0.851. The van der Waals surface area contributed by atoms with Crippen LogP contribution in [0.2, 0.25) is 0 Å². The first-order valence-electron chi connectivity index (χ1n) is 7.71. The molecule has 1 fully saturated rings. The van der Waals surface area contributed by atoms with E-state index < -0.39 is 0 Å². The van der Waals surface area contributed by atoms with Gasteiger partial charge in [0.2, 0.25) is 0 Å². The van der Waals surface area contributed by atoms with Crippen molar-refractivity contribution in [2.75, 3.05) is 26.7 Å². The fourth-order valence-electron chi connectivity index (χ4n) is 3.52. The Morgan fingerprint density at radius 2 is 2.30 bits per heavy atom. The van der Waals surface area contributed by atoms with E-state index in [1.807, 2.05) is 17.9 Å². The monoisotopic (exact) mass is 279 g/mol. The summed E-state index contributed by atoms with van der Waals surface area (Å²) in [5, 5.41) is 4.29. The molecule has 2 heterocycles. The molecule has 0 spiro atoms. The van der Waals surface area contributed by atoms with E-state index in [-0.39, 0.29) is 12.1 Å². The number of rotatable bonds is 6. The van der Waals surface area contributed by atoms with Crippen molar-refractivity contribution in [3.8, 4) is 0 Å². The number of nitrogens with two attached hydrogens (primary N) is 1. The average Bonchev–Trinajstić information content (AvgIpc) is 2.98. The highest BCUT2D eigenvalue weighted by Crippen LogP contribution is 2.25. The normalized spacial score (nSPS) is 23.4. The highest BCUT2D eigenvalue weighted by molar-refractivity contribution is 5.13. The molecule has 1 saturated heterocycles. The smallest absolute Gasteiger partial charge is 0.0538 e. The molecule has 0 radical (unpaired) electrons. The number of aryl methyl sites for hydroxylation is 1. The maximum Gasteiger partial charge on any atom is 0.0538 e. The first-order valence-corrected chi connectivity index (χ1v) is 7.71. The molecule has 2 N–H and O–H groups in total. The van der Waals surface area contributed by atoms with E-state index in [0.717, 1.165) is 13.1 Å². The Hall–Kier alpha value is -0.910. The predicted molar refractivity (Wildman–Crippen MR) is 82.5 cm³/mol. The van der Waals surface area contributed by atoms with Crippen LogP contribution in [-0.2, 0) is 7.05 Å². The minimum Gasteiger partial charge on any atom is -0.326 e. The molecular weight excluding hydrogens is 250 g/mol. The summed E-state index contributed by atoms with van der Waals surface area (Å²) in [6, 6.07) is 1.01. The molecule has 0 saturated carbocycles. The molecule has 0 aromatic carbocycles. The first-order chi connectivity index (χ1) is 9.52. The van der Waals surface area contributed by atoms with Crippen molar-refractivity contribution in [2.45, 2.75) is 44.8 Å². The van der Waals surface area contributed by atoms with Crippen molar-refractivity contribution in [1.82, 2.24) is 19.6 Å². The van der Waals surface area contributed by atoms with Gasteiger partial charge in [-0.25, -0.2) is 0 Å². The van der Waals surface area contributed by atoms with Gasteiger partial charge in [-0.15, -0.1) is 0 Å². The second-order valence-electron chi connectivity index (χ2n) is 6.12. The van der Waals surface area contributed by atoms with Crippen LogP contribution in [0, 0.1) is 0 Å². The van der Waals surface area contributed by atoms with Gasteiger partial charge in [0.25, 0.3) is 0 Å². The first kappa shape index (κ1) is 15.5. The fraction of sp³-hybridized carbons (Fsp3) is 0.800. The van der Waals surface area contributed by atoms with Crippen molar-refractivity contribution >= 4 is 0 Å². The Morgan fingerprint density at radius 1 is 1.55 bits per heavy atom. The average molecular weight is 279 g/mol. The molecule has 1 aromatic rings. The third-order valence-corrected chi connectivity index (χ3v) is 4.44. The molecule has 5 nitrogen and oxygen atoms in total. The van der Waals surface area contributed by atoms with Gasteiger partial charge >= 0.3 is 0 Å². The highest BCUT2D eigenvalue weighted by atomic mass is 15.3. The Balaban J connectivity index is 2.05. The Morgan fingerprint density at radius 3 is 2.85 bits per heavy atom. The summed E-state index contributed by atoms with van der Waals surface area (Å²) < 4.78 is 1.85. The van der Waals surface area contributed by atoms with E-state index >= 15 is 0 Å². The van der Waals surface area contributed by atoms with Gasteiger partial charge < -0.3 is 5.73 Å². The lowest BCUT2D eigenvalue weighted by Gasteiger charge is -2.34. The molecule has 0 bridgehead atoms. The van der Waals surface area contributed by atoms with E-state index in [4.69, 9.17) is 5.73 Å². The van der Waals surface area contributed by atoms with Gasteiger partial charge in [-0.05, 0) is 39.9 Å². The van der Waals surface area contributed by atoms with E-state index in [1.165, 1.54) is 24.9 Å². The Labute approximate surface area is 122 Å². The minimum atomic E-state index is 0.0979. The Bertz CT molecular complexity index is 414. The largest absolute Gasteiger partial charge is 0.326 e. The number of likely N-dealkylation sites (N-methyl/N-ethyl adjacent to an activating group) is 2. The number of nitrogens with zero attached hydrogens (tertiary/aromatic N) is 4. The zero-order valence-electron chi connectivity index (χ0n) is 13.3. The van der Waals surface area contributed by atoms with Crippen LogP contribution < -0.4 is 5.73 Å². The highest BCUT2D eigenvalue weighted by Gasteiger charge is 2.29. The molecule has 3 atom stereocenters. The van der Waals surface area contributed by atoms with Gasteiger partial charge in [0.15, 0.2) is 0 Å². The molecule has 1 aromatic heterocycles. The topological polar surface area (TPSA) is 50.3 Å². The van der Waals surface area contributed by atoms with Crippen LogP contribution >= 0.6 is 0 Å². The second-order valence-corrected chi connectivity index (χ2v) is 6.12. The second kappa shape index (κ2) is 6.70. The lowest BCUT2D eigenvalue weighted by molar-refractivity contribution is 0.151. The number of hydrogen-bond acceptors (Lipinski definition) is 4. The summed E-state index contributed by atoms with van der Waals surface area (Å²) in [7, 11) is 4.14. The molecule has 0 amide bonds. The lowest BCUT2D eigenvalue weighted by atomic mass is 10.0. The summed E-state index contributed by atoms with van der Waals surface area (Å²) in [6.07, 6.45) is 6.65. The van der Waals surface area contributed by atoms with Gasteiger partial charge in [0.1, 0.15) is 0 Å². The molecule has 3 unspecified atom stereocenters. The van der Waals surface area contributed by atoms with Crippen molar-refractivity contribution in [2.24, 2.45) is 12.8 Å². The maximum atomic E-state index is 6.23. The van der Waals surface area contributed by atoms with Crippen LogP contribution in [0.15, 0.2) is 12.4 Å². The van der Waals surface area contributed by atoms with E-state index in [0.29, 0.717) is 6.04 Å². The van der Waals surface area contributed by atoms with Crippen molar-refractivity contribution in [1.29, 1.82) is 0 Å². The molecule has 2 rings (SSSR count). The SMILES string of the molecule is CCN1CCCC1CN(C)C(c1cnn(C)c1)C(C)N. The molecule has 5 heteroatoms. The van der Waals surface area contributed by atoms with Crippen molar-refractivity contribution in [3.63, 3.8) is 0 Å². The third kappa shape index (κ3) is 3.40. The number of hydrogen-bond donors (Lipinski definition) is 1. The van der Waals surface area contributed by atoms with Gasteiger partial charge in [-0.3, -0.25) is 14.5 Å². The minimum absolute atomic E-state index is 0.0979.